The van der Waals surface area contributed by atoms with Crippen molar-refractivity contribution in [2.24, 2.45) is 4.99 Å². The van der Waals surface area contributed by atoms with Crippen LogP contribution in [0.25, 0.3) is 0 Å². The van der Waals surface area contributed by atoms with Crippen LogP contribution in [-0.4, -0.2) is 32.0 Å². The molecular weight excluding hydrogens is 324 g/mol. The SMILES string of the molecule is CCc1ccccc1CNC(=NC)NCCNC(=O)c1cccc(C)c1. The summed E-state index contributed by atoms with van der Waals surface area (Å²) in [5.41, 5.74) is 4.36. The van der Waals surface area contributed by atoms with Gasteiger partial charge in [-0.3, -0.25) is 9.79 Å². The lowest BCUT2D eigenvalue weighted by molar-refractivity contribution is 0.0954. The van der Waals surface area contributed by atoms with Crippen LogP contribution in [-0.2, 0) is 13.0 Å². The fourth-order valence-corrected chi connectivity index (χ4v) is 2.72. The van der Waals surface area contributed by atoms with E-state index in [1.807, 2.05) is 37.3 Å². The van der Waals surface area contributed by atoms with Crippen molar-refractivity contribution in [3.63, 3.8) is 0 Å². The first-order valence-corrected chi connectivity index (χ1v) is 9.00. The molecule has 0 spiro atoms. The molecule has 0 aliphatic rings. The number of benzene rings is 2. The molecule has 0 bridgehead atoms. The Morgan fingerprint density at radius 1 is 0.962 bits per heavy atom. The first kappa shape index (κ1) is 19.5. The summed E-state index contributed by atoms with van der Waals surface area (Å²) < 4.78 is 0. The second kappa shape index (κ2) is 10.2. The van der Waals surface area contributed by atoms with Crippen LogP contribution in [0.15, 0.2) is 53.5 Å². The fourth-order valence-electron chi connectivity index (χ4n) is 2.72. The lowest BCUT2D eigenvalue weighted by Gasteiger charge is -2.14. The molecule has 3 N–H and O–H groups in total. The molecule has 26 heavy (non-hydrogen) atoms. The number of nitrogens with zero attached hydrogens (tertiary/aromatic N) is 1. The zero-order valence-electron chi connectivity index (χ0n) is 15.8. The molecular formula is C21H28N4O. The van der Waals surface area contributed by atoms with Gasteiger partial charge in [-0.25, -0.2) is 0 Å². The summed E-state index contributed by atoms with van der Waals surface area (Å²) in [5, 5.41) is 9.45. The highest BCUT2D eigenvalue weighted by Crippen LogP contribution is 2.08. The predicted molar refractivity (Wildman–Crippen MR) is 108 cm³/mol. The summed E-state index contributed by atoms with van der Waals surface area (Å²) in [4.78, 5) is 16.3. The van der Waals surface area contributed by atoms with Crippen LogP contribution in [0, 0.1) is 6.92 Å². The van der Waals surface area contributed by atoms with Crippen molar-refractivity contribution in [1.29, 1.82) is 0 Å². The molecule has 0 aromatic heterocycles. The normalized spacial score (nSPS) is 11.1. The molecule has 0 unspecified atom stereocenters. The third kappa shape index (κ3) is 5.92. The van der Waals surface area contributed by atoms with Gasteiger partial charge in [-0.1, -0.05) is 48.9 Å². The van der Waals surface area contributed by atoms with Crippen molar-refractivity contribution in [3.05, 3.63) is 70.8 Å². The molecule has 2 aromatic carbocycles. The van der Waals surface area contributed by atoms with Gasteiger partial charge in [-0.15, -0.1) is 0 Å². The largest absolute Gasteiger partial charge is 0.355 e. The third-order valence-electron chi connectivity index (χ3n) is 4.15. The molecule has 138 valence electrons. The molecule has 0 fully saturated rings. The minimum absolute atomic E-state index is 0.0599. The van der Waals surface area contributed by atoms with E-state index in [4.69, 9.17) is 0 Å². The molecule has 5 heteroatoms. The smallest absolute Gasteiger partial charge is 0.251 e. The average molecular weight is 352 g/mol. The van der Waals surface area contributed by atoms with Gasteiger partial charge in [0.2, 0.25) is 0 Å². The number of carbonyl (C=O) groups excluding carboxylic acids is 1. The number of nitrogens with one attached hydrogen (secondary N) is 3. The van der Waals surface area contributed by atoms with E-state index in [1.165, 1.54) is 11.1 Å². The van der Waals surface area contributed by atoms with Gasteiger partial charge in [0.05, 0.1) is 0 Å². The van der Waals surface area contributed by atoms with Gasteiger partial charge in [0.15, 0.2) is 5.96 Å². The first-order chi connectivity index (χ1) is 12.6. The number of hydrogen-bond acceptors (Lipinski definition) is 2. The highest BCUT2D eigenvalue weighted by Gasteiger charge is 2.05. The molecule has 2 rings (SSSR count). The van der Waals surface area contributed by atoms with E-state index in [2.05, 4.69) is 46.1 Å². The molecule has 0 aliphatic heterocycles. The lowest BCUT2D eigenvalue weighted by Crippen LogP contribution is -2.41. The van der Waals surface area contributed by atoms with E-state index in [0.29, 0.717) is 18.7 Å². The number of rotatable bonds is 7. The maximum absolute atomic E-state index is 12.1. The second-order valence-corrected chi connectivity index (χ2v) is 6.10. The van der Waals surface area contributed by atoms with E-state index >= 15 is 0 Å². The lowest BCUT2D eigenvalue weighted by atomic mass is 10.1. The Balaban J connectivity index is 1.74. The van der Waals surface area contributed by atoms with Crippen LogP contribution in [0.4, 0.5) is 0 Å². The zero-order valence-corrected chi connectivity index (χ0v) is 15.8. The molecule has 2 aromatic rings. The van der Waals surface area contributed by atoms with Crippen LogP contribution < -0.4 is 16.0 Å². The third-order valence-corrected chi connectivity index (χ3v) is 4.15. The van der Waals surface area contributed by atoms with Crippen LogP contribution in [0.1, 0.15) is 34.0 Å². The van der Waals surface area contributed by atoms with Crippen molar-refractivity contribution in [1.82, 2.24) is 16.0 Å². The van der Waals surface area contributed by atoms with E-state index in [-0.39, 0.29) is 5.91 Å². The Hall–Kier alpha value is -2.82. The first-order valence-electron chi connectivity index (χ1n) is 9.00. The number of aryl methyl sites for hydroxylation is 2. The van der Waals surface area contributed by atoms with Crippen molar-refractivity contribution in [2.45, 2.75) is 26.8 Å². The van der Waals surface area contributed by atoms with Crippen molar-refractivity contribution < 1.29 is 4.79 Å². The number of aliphatic imine (C=N–C) groups is 1. The monoisotopic (exact) mass is 352 g/mol. The molecule has 0 radical (unpaired) electrons. The highest BCUT2D eigenvalue weighted by molar-refractivity contribution is 5.94. The van der Waals surface area contributed by atoms with Crippen molar-refractivity contribution in [2.75, 3.05) is 20.1 Å². The molecule has 0 saturated heterocycles. The van der Waals surface area contributed by atoms with Gasteiger partial charge >= 0.3 is 0 Å². The summed E-state index contributed by atoms with van der Waals surface area (Å²) in [7, 11) is 1.74. The molecule has 1 amide bonds. The second-order valence-electron chi connectivity index (χ2n) is 6.10. The number of guanidine groups is 1. The minimum atomic E-state index is -0.0599. The summed E-state index contributed by atoms with van der Waals surface area (Å²) in [6.45, 7) is 5.98. The molecule has 5 nitrogen and oxygen atoms in total. The fraction of sp³-hybridized carbons (Fsp3) is 0.333. The van der Waals surface area contributed by atoms with E-state index in [9.17, 15) is 4.79 Å². The molecule has 0 saturated carbocycles. The topological polar surface area (TPSA) is 65.5 Å². The van der Waals surface area contributed by atoms with Gasteiger partial charge in [0.1, 0.15) is 0 Å². The Labute approximate surface area is 155 Å². The minimum Gasteiger partial charge on any atom is -0.355 e. The molecule has 0 atom stereocenters. The Bertz CT molecular complexity index is 755. The maximum atomic E-state index is 12.1. The Kier molecular flexibility index (Phi) is 7.68. The summed E-state index contributed by atoms with van der Waals surface area (Å²) >= 11 is 0. The quantitative estimate of drug-likeness (QED) is 0.408. The van der Waals surface area contributed by atoms with Crippen LogP contribution in [0.5, 0.6) is 0 Å². The highest BCUT2D eigenvalue weighted by atomic mass is 16.1. The number of amides is 1. The Morgan fingerprint density at radius 3 is 2.38 bits per heavy atom. The van der Waals surface area contributed by atoms with Gasteiger partial charge in [0, 0.05) is 32.2 Å². The van der Waals surface area contributed by atoms with Gasteiger partial charge < -0.3 is 16.0 Å². The van der Waals surface area contributed by atoms with Crippen LogP contribution in [0.2, 0.25) is 0 Å². The predicted octanol–water partition coefficient (Wildman–Crippen LogP) is 2.65. The maximum Gasteiger partial charge on any atom is 0.251 e. The summed E-state index contributed by atoms with van der Waals surface area (Å²) in [6, 6.07) is 16.0. The number of carbonyl (C=O) groups is 1. The number of hydrogen-bond donors (Lipinski definition) is 3. The summed E-state index contributed by atoms with van der Waals surface area (Å²) in [5.74, 6) is 0.663. The van der Waals surface area contributed by atoms with Gasteiger partial charge in [-0.2, -0.15) is 0 Å². The van der Waals surface area contributed by atoms with Crippen LogP contribution in [0.3, 0.4) is 0 Å². The summed E-state index contributed by atoms with van der Waals surface area (Å²) in [6.07, 6.45) is 1.01. The van der Waals surface area contributed by atoms with Crippen molar-refractivity contribution in [3.8, 4) is 0 Å². The standard InChI is InChI=1S/C21H28N4O/c1-4-17-9-5-6-10-19(17)15-25-21(22-3)24-13-12-23-20(26)18-11-7-8-16(2)14-18/h5-11,14H,4,12-13,15H2,1-3H3,(H,23,26)(H2,22,24,25). The van der Waals surface area contributed by atoms with Gasteiger partial charge in [0.25, 0.3) is 5.91 Å². The van der Waals surface area contributed by atoms with Crippen molar-refractivity contribution >= 4 is 11.9 Å². The zero-order chi connectivity index (χ0) is 18.8. The van der Waals surface area contributed by atoms with Gasteiger partial charge in [-0.05, 0) is 36.6 Å². The van der Waals surface area contributed by atoms with E-state index < -0.39 is 0 Å². The molecule has 0 aliphatic carbocycles. The van der Waals surface area contributed by atoms with Crippen LogP contribution >= 0.6 is 0 Å². The average Bonchev–Trinajstić information content (AvgIpc) is 2.67. The molecule has 0 heterocycles. The van der Waals surface area contributed by atoms with E-state index in [1.54, 1.807) is 7.05 Å². The Morgan fingerprint density at radius 2 is 1.69 bits per heavy atom. The van der Waals surface area contributed by atoms with E-state index in [0.717, 1.165) is 24.5 Å².